The van der Waals surface area contributed by atoms with Gasteiger partial charge < -0.3 is 9.47 Å². The van der Waals surface area contributed by atoms with Crippen molar-refractivity contribution in [3.8, 4) is 0 Å². The fraction of sp³-hybridized carbons (Fsp3) is 0.929. The Labute approximate surface area is 123 Å². The summed E-state index contributed by atoms with van der Waals surface area (Å²) in [5, 5.41) is 0. The SMILES string of the molecule is CCCCCCC(C(=O)OCC)N1CCOCC1.Cl. The standard InChI is InChI=1S/C14H27NO3.ClH/c1-3-5-6-7-8-13(14(16)18-4-2)15-9-11-17-12-10-15;/h13H,3-12H2,1-2H3;1H. The number of unbranched alkanes of at least 4 members (excludes halogenated alkanes) is 3. The first kappa shape index (κ1) is 18.7. The van der Waals surface area contributed by atoms with E-state index in [1.807, 2.05) is 6.92 Å². The number of carbonyl (C=O) groups excluding carboxylic acids is 1. The Morgan fingerprint density at radius 1 is 1.21 bits per heavy atom. The van der Waals surface area contributed by atoms with E-state index >= 15 is 0 Å². The second kappa shape index (κ2) is 11.5. The Kier molecular flexibility index (Phi) is 11.3. The van der Waals surface area contributed by atoms with Crippen molar-refractivity contribution in [3.63, 3.8) is 0 Å². The number of morpholine rings is 1. The molecule has 0 saturated carbocycles. The number of nitrogens with zero attached hydrogens (tertiary/aromatic N) is 1. The number of carbonyl (C=O) groups is 1. The molecule has 0 aliphatic carbocycles. The van der Waals surface area contributed by atoms with Crippen molar-refractivity contribution in [1.29, 1.82) is 0 Å². The van der Waals surface area contributed by atoms with Gasteiger partial charge in [0, 0.05) is 13.1 Å². The van der Waals surface area contributed by atoms with Gasteiger partial charge in [0.2, 0.25) is 0 Å². The lowest BCUT2D eigenvalue weighted by molar-refractivity contribution is -0.151. The minimum Gasteiger partial charge on any atom is -0.465 e. The fourth-order valence-electron chi connectivity index (χ4n) is 2.34. The highest BCUT2D eigenvalue weighted by Gasteiger charge is 2.27. The largest absolute Gasteiger partial charge is 0.465 e. The van der Waals surface area contributed by atoms with Gasteiger partial charge in [-0.25, -0.2) is 0 Å². The minimum absolute atomic E-state index is 0. The van der Waals surface area contributed by atoms with Gasteiger partial charge in [0.1, 0.15) is 6.04 Å². The number of esters is 1. The third-order valence-corrected chi connectivity index (χ3v) is 3.38. The van der Waals surface area contributed by atoms with E-state index in [-0.39, 0.29) is 24.4 Å². The molecule has 0 aromatic heterocycles. The van der Waals surface area contributed by atoms with Gasteiger partial charge in [-0.2, -0.15) is 0 Å². The molecule has 1 aliphatic heterocycles. The Bertz CT molecular complexity index is 233. The molecule has 0 bridgehead atoms. The van der Waals surface area contributed by atoms with E-state index in [1.54, 1.807) is 0 Å². The molecule has 1 saturated heterocycles. The van der Waals surface area contributed by atoms with E-state index in [9.17, 15) is 4.79 Å². The lowest BCUT2D eigenvalue weighted by Crippen LogP contribution is -2.48. The van der Waals surface area contributed by atoms with E-state index < -0.39 is 0 Å². The molecule has 1 atom stereocenters. The quantitative estimate of drug-likeness (QED) is 0.509. The van der Waals surface area contributed by atoms with E-state index in [0.29, 0.717) is 6.61 Å². The summed E-state index contributed by atoms with van der Waals surface area (Å²) in [5.74, 6) is -0.0594. The predicted octanol–water partition coefficient (Wildman–Crippen LogP) is 2.64. The molecule has 0 radical (unpaired) electrons. The molecule has 0 spiro atoms. The summed E-state index contributed by atoms with van der Waals surface area (Å²) >= 11 is 0. The van der Waals surface area contributed by atoms with E-state index in [2.05, 4.69) is 11.8 Å². The van der Waals surface area contributed by atoms with Crippen LogP contribution in [-0.4, -0.2) is 49.8 Å². The highest BCUT2D eigenvalue weighted by Crippen LogP contribution is 2.14. The molecule has 1 fully saturated rings. The molecule has 5 heteroatoms. The molecule has 4 nitrogen and oxygen atoms in total. The molecule has 0 amide bonds. The maximum absolute atomic E-state index is 12.0. The maximum Gasteiger partial charge on any atom is 0.323 e. The summed E-state index contributed by atoms with van der Waals surface area (Å²) < 4.78 is 10.5. The number of ether oxygens (including phenoxy) is 2. The molecule has 114 valence electrons. The number of rotatable bonds is 8. The van der Waals surface area contributed by atoms with Crippen LogP contribution in [0.5, 0.6) is 0 Å². The third-order valence-electron chi connectivity index (χ3n) is 3.38. The smallest absolute Gasteiger partial charge is 0.323 e. The van der Waals surface area contributed by atoms with Crippen molar-refractivity contribution >= 4 is 18.4 Å². The lowest BCUT2D eigenvalue weighted by atomic mass is 10.1. The molecular weight excluding hydrogens is 266 g/mol. The van der Waals surface area contributed by atoms with Crippen molar-refractivity contribution in [2.45, 2.75) is 52.0 Å². The summed E-state index contributed by atoms with van der Waals surface area (Å²) in [6.45, 7) is 7.68. The fourth-order valence-corrected chi connectivity index (χ4v) is 2.34. The summed E-state index contributed by atoms with van der Waals surface area (Å²) in [5.41, 5.74) is 0. The average molecular weight is 294 g/mol. The van der Waals surface area contributed by atoms with Gasteiger partial charge in [0.05, 0.1) is 19.8 Å². The summed E-state index contributed by atoms with van der Waals surface area (Å²) in [6, 6.07) is -0.0642. The monoisotopic (exact) mass is 293 g/mol. The molecular formula is C14H28ClNO3. The van der Waals surface area contributed by atoms with Crippen LogP contribution in [0.2, 0.25) is 0 Å². The zero-order valence-electron chi connectivity index (χ0n) is 12.2. The topological polar surface area (TPSA) is 38.8 Å². The number of hydrogen-bond donors (Lipinski definition) is 0. The van der Waals surface area contributed by atoms with E-state index in [0.717, 1.165) is 39.1 Å². The normalized spacial score (nSPS) is 17.6. The average Bonchev–Trinajstić information content (AvgIpc) is 2.40. The van der Waals surface area contributed by atoms with Crippen LogP contribution in [0.15, 0.2) is 0 Å². The maximum atomic E-state index is 12.0. The molecule has 19 heavy (non-hydrogen) atoms. The molecule has 1 unspecified atom stereocenters. The Morgan fingerprint density at radius 3 is 2.47 bits per heavy atom. The van der Waals surface area contributed by atoms with Gasteiger partial charge in [-0.15, -0.1) is 12.4 Å². The third kappa shape index (κ3) is 7.14. The highest BCUT2D eigenvalue weighted by atomic mass is 35.5. The first-order valence-electron chi connectivity index (χ1n) is 7.28. The molecule has 1 aliphatic rings. The van der Waals surface area contributed by atoms with Crippen LogP contribution in [0.3, 0.4) is 0 Å². The van der Waals surface area contributed by atoms with Crippen LogP contribution in [0, 0.1) is 0 Å². The molecule has 0 aromatic rings. The van der Waals surface area contributed by atoms with Gasteiger partial charge in [0.15, 0.2) is 0 Å². The van der Waals surface area contributed by atoms with Crippen LogP contribution < -0.4 is 0 Å². The van der Waals surface area contributed by atoms with Crippen LogP contribution in [0.1, 0.15) is 46.0 Å². The van der Waals surface area contributed by atoms with Gasteiger partial charge in [-0.05, 0) is 13.3 Å². The summed E-state index contributed by atoms with van der Waals surface area (Å²) in [6.07, 6.45) is 5.70. The Morgan fingerprint density at radius 2 is 1.89 bits per heavy atom. The Balaban J connectivity index is 0.00000324. The van der Waals surface area contributed by atoms with Crippen molar-refractivity contribution in [3.05, 3.63) is 0 Å². The molecule has 1 rings (SSSR count). The van der Waals surface area contributed by atoms with Crippen molar-refractivity contribution in [2.75, 3.05) is 32.9 Å². The van der Waals surface area contributed by atoms with Crippen LogP contribution in [-0.2, 0) is 14.3 Å². The van der Waals surface area contributed by atoms with E-state index in [1.165, 1.54) is 19.3 Å². The second-order valence-corrected chi connectivity index (χ2v) is 4.77. The molecule has 0 aromatic carbocycles. The van der Waals surface area contributed by atoms with Gasteiger partial charge in [-0.1, -0.05) is 32.6 Å². The first-order chi connectivity index (χ1) is 8.79. The molecule has 1 heterocycles. The van der Waals surface area contributed by atoms with Gasteiger partial charge >= 0.3 is 5.97 Å². The second-order valence-electron chi connectivity index (χ2n) is 4.77. The predicted molar refractivity (Wildman–Crippen MR) is 78.8 cm³/mol. The number of halogens is 1. The number of hydrogen-bond acceptors (Lipinski definition) is 4. The van der Waals surface area contributed by atoms with Gasteiger partial charge in [0.25, 0.3) is 0 Å². The van der Waals surface area contributed by atoms with E-state index in [4.69, 9.17) is 9.47 Å². The summed E-state index contributed by atoms with van der Waals surface area (Å²) in [4.78, 5) is 14.2. The van der Waals surface area contributed by atoms with Crippen molar-refractivity contribution in [1.82, 2.24) is 4.90 Å². The van der Waals surface area contributed by atoms with Crippen LogP contribution in [0.4, 0.5) is 0 Å². The zero-order chi connectivity index (χ0) is 13.2. The lowest BCUT2D eigenvalue weighted by Gasteiger charge is -2.32. The van der Waals surface area contributed by atoms with Gasteiger partial charge in [-0.3, -0.25) is 9.69 Å². The van der Waals surface area contributed by atoms with Crippen molar-refractivity contribution < 1.29 is 14.3 Å². The molecule has 0 N–H and O–H groups in total. The highest BCUT2D eigenvalue weighted by molar-refractivity contribution is 5.85. The van der Waals surface area contributed by atoms with Crippen LogP contribution in [0.25, 0.3) is 0 Å². The minimum atomic E-state index is -0.0642. The van der Waals surface area contributed by atoms with Crippen molar-refractivity contribution in [2.24, 2.45) is 0 Å². The summed E-state index contributed by atoms with van der Waals surface area (Å²) in [7, 11) is 0. The first-order valence-corrected chi connectivity index (χ1v) is 7.28. The zero-order valence-corrected chi connectivity index (χ0v) is 13.0. The van der Waals surface area contributed by atoms with Crippen LogP contribution >= 0.6 is 12.4 Å². The Hall–Kier alpha value is -0.320.